The van der Waals surface area contributed by atoms with Gasteiger partial charge in [-0.1, -0.05) is 0 Å². The maximum absolute atomic E-state index is 9.17. The third-order valence-corrected chi connectivity index (χ3v) is 3.97. The molecular formula is C13H18N4. The van der Waals surface area contributed by atoms with Crippen LogP contribution in [0.2, 0.25) is 0 Å². The van der Waals surface area contributed by atoms with E-state index >= 15 is 0 Å². The van der Waals surface area contributed by atoms with E-state index in [0.29, 0.717) is 11.7 Å². The van der Waals surface area contributed by atoms with E-state index in [0.717, 1.165) is 38.8 Å². The Bertz CT molecular complexity index is 449. The maximum atomic E-state index is 9.17. The van der Waals surface area contributed by atoms with Crippen LogP contribution in [0.15, 0.2) is 0 Å². The minimum absolute atomic E-state index is 0.505. The zero-order chi connectivity index (χ0) is 11.7. The molecule has 0 aromatic carbocycles. The number of rotatable bonds is 1. The topological polar surface area (TPSA) is 53.6 Å². The second kappa shape index (κ2) is 4.50. The van der Waals surface area contributed by atoms with E-state index in [1.165, 1.54) is 24.1 Å². The molecule has 1 saturated heterocycles. The molecule has 2 aliphatic rings. The largest absolute Gasteiger partial charge is 0.317 e. The molecule has 17 heavy (non-hydrogen) atoms. The Balaban J connectivity index is 1.98. The Morgan fingerprint density at radius 1 is 1.24 bits per heavy atom. The molecule has 2 heterocycles. The van der Waals surface area contributed by atoms with Crippen LogP contribution in [0, 0.1) is 11.3 Å². The molecular weight excluding hydrogens is 212 g/mol. The molecule has 0 amide bonds. The summed E-state index contributed by atoms with van der Waals surface area (Å²) in [6.45, 7) is 2.14. The van der Waals surface area contributed by atoms with Gasteiger partial charge in [-0.25, -0.2) is 0 Å². The van der Waals surface area contributed by atoms with Gasteiger partial charge in [0.1, 0.15) is 6.07 Å². The zero-order valence-electron chi connectivity index (χ0n) is 10.1. The van der Waals surface area contributed by atoms with Crippen molar-refractivity contribution in [2.45, 2.75) is 44.6 Å². The molecule has 1 aliphatic carbocycles. The van der Waals surface area contributed by atoms with Crippen molar-refractivity contribution in [1.29, 1.82) is 5.26 Å². The monoisotopic (exact) mass is 230 g/mol. The summed E-state index contributed by atoms with van der Waals surface area (Å²) in [5.74, 6) is 0. The highest BCUT2D eigenvalue weighted by Crippen LogP contribution is 2.29. The summed E-state index contributed by atoms with van der Waals surface area (Å²) >= 11 is 0. The number of piperidine rings is 1. The second-order valence-electron chi connectivity index (χ2n) is 5.02. The normalized spacial score (nSPS) is 20.9. The van der Waals surface area contributed by atoms with Gasteiger partial charge in [0.2, 0.25) is 0 Å². The fourth-order valence-electron chi connectivity index (χ4n) is 3.07. The summed E-state index contributed by atoms with van der Waals surface area (Å²) in [5, 5.41) is 17.1. The Morgan fingerprint density at radius 2 is 2.00 bits per heavy atom. The van der Waals surface area contributed by atoms with E-state index in [-0.39, 0.29) is 0 Å². The molecule has 90 valence electrons. The standard InChI is InChI=1S/C13H18N4/c14-9-12-11-3-1-2-4-13(11)17(16-12)10-5-7-15-8-6-10/h10,15H,1-8H2. The number of hydrogen-bond donors (Lipinski definition) is 1. The van der Waals surface area contributed by atoms with Gasteiger partial charge in [0.05, 0.1) is 6.04 Å². The number of nitriles is 1. The smallest absolute Gasteiger partial charge is 0.165 e. The molecule has 1 aromatic heterocycles. The van der Waals surface area contributed by atoms with Gasteiger partial charge in [0.15, 0.2) is 5.69 Å². The molecule has 0 radical (unpaired) electrons. The molecule has 4 heteroatoms. The minimum Gasteiger partial charge on any atom is -0.317 e. The van der Waals surface area contributed by atoms with E-state index in [1.807, 2.05) is 0 Å². The van der Waals surface area contributed by atoms with E-state index in [2.05, 4.69) is 21.2 Å². The average molecular weight is 230 g/mol. The van der Waals surface area contributed by atoms with Crippen LogP contribution in [0.5, 0.6) is 0 Å². The number of nitrogens with one attached hydrogen (secondary N) is 1. The lowest BCUT2D eigenvalue weighted by molar-refractivity contribution is 0.332. The lowest BCUT2D eigenvalue weighted by Gasteiger charge is -2.25. The summed E-state index contributed by atoms with van der Waals surface area (Å²) in [6.07, 6.45) is 6.88. The van der Waals surface area contributed by atoms with Crippen molar-refractivity contribution in [3.63, 3.8) is 0 Å². The minimum atomic E-state index is 0.505. The van der Waals surface area contributed by atoms with Crippen LogP contribution < -0.4 is 5.32 Å². The van der Waals surface area contributed by atoms with E-state index < -0.39 is 0 Å². The maximum Gasteiger partial charge on any atom is 0.165 e. The van der Waals surface area contributed by atoms with Crippen LogP contribution in [0.1, 0.15) is 48.7 Å². The second-order valence-corrected chi connectivity index (χ2v) is 5.02. The van der Waals surface area contributed by atoms with Crippen LogP contribution in [0.3, 0.4) is 0 Å². The lowest BCUT2D eigenvalue weighted by atomic mass is 9.95. The molecule has 4 nitrogen and oxygen atoms in total. The fraction of sp³-hybridized carbons (Fsp3) is 0.692. The van der Waals surface area contributed by atoms with Crippen molar-refractivity contribution in [2.75, 3.05) is 13.1 Å². The van der Waals surface area contributed by atoms with Gasteiger partial charge < -0.3 is 5.32 Å². The third kappa shape index (κ3) is 1.85. The predicted octanol–water partition coefficient (Wildman–Crippen LogP) is 1.56. The van der Waals surface area contributed by atoms with E-state index in [1.54, 1.807) is 0 Å². The van der Waals surface area contributed by atoms with Crippen molar-refractivity contribution < 1.29 is 0 Å². The van der Waals surface area contributed by atoms with Gasteiger partial charge in [-0.05, 0) is 51.6 Å². The highest BCUT2D eigenvalue weighted by Gasteiger charge is 2.25. The molecule has 0 atom stereocenters. The quantitative estimate of drug-likeness (QED) is 0.796. The van der Waals surface area contributed by atoms with Crippen LogP contribution in [0.25, 0.3) is 0 Å². The van der Waals surface area contributed by atoms with Crippen molar-refractivity contribution in [2.24, 2.45) is 0 Å². The van der Waals surface area contributed by atoms with Crippen LogP contribution in [-0.2, 0) is 12.8 Å². The SMILES string of the molecule is N#Cc1nn(C2CCNCC2)c2c1CCCC2. The Kier molecular flexibility index (Phi) is 2.86. The summed E-state index contributed by atoms with van der Waals surface area (Å²) in [4.78, 5) is 0. The number of nitrogens with zero attached hydrogens (tertiary/aromatic N) is 3. The molecule has 0 spiro atoms. The molecule has 0 bridgehead atoms. The molecule has 0 unspecified atom stereocenters. The Morgan fingerprint density at radius 3 is 2.76 bits per heavy atom. The number of aromatic nitrogens is 2. The average Bonchev–Trinajstić information content (AvgIpc) is 2.78. The number of fused-ring (bicyclic) bond motifs is 1. The van der Waals surface area contributed by atoms with Crippen LogP contribution >= 0.6 is 0 Å². The van der Waals surface area contributed by atoms with Gasteiger partial charge in [0, 0.05) is 11.3 Å². The first-order valence-corrected chi connectivity index (χ1v) is 6.61. The molecule has 1 fully saturated rings. The van der Waals surface area contributed by atoms with Gasteiger partial charge in [0.25, 0.3) is 0 Å². The van der Waals surface area contributed by atoms with Gasteiger partial charge in [-0.2, -0.15) is 10.4 Å². The fourth-order valence-corrected chi connectivity index (χ4v) is 3.07. The van der Waals surface area contributed by atoms with Crippen molar-refractivity contribution in [3.05, 3.63) is 17.0 Å². The highest BCUT2D eigenvalue weighted by molar-refractivity contribution is 5.37. The van der Waals surface area contributed by atoms with E-state index in [4.69, 9.17) is 5.26 Å². The lowest BCUT2D eigenvalue weighted by Crippen LogP contribution is -2.30. The van der Waals surface area contributed by atoms with Crippen molar-refractivity contribution >= 4 is 0 Å². The first-order valence-electron chi connectivity index (χ1n) is 6.61. The Hall–Kier alpha value is -1.34. The van der Waals surface area contributed by atoms with Gasteiger partial charge in [-0.3, -0.25) is 4.68 Å². The molecule has 1 N–H and O–H groups in total. The van der Waals surface area contributed by atoms with Crippen LogP contribution in [-0.4, -0.2) is 22.9 Å². The summed E-state index contributed by atoms with van der Waals surface area (Å²) < 4.78 is 2.17. The van der Waals surface area contributed by atoms with Gasteiger partial charge >= 0.3 is 0 Å². The molecule has 3 rings (SSSR count). The van der Waals surface area contributed by atoms with Crippen LogP contribution in [0.4, 0.5) is 0 Å². The molecule has 1 aliphatic heterocycles. The summed E-state index contributed by atoms with van der Waals surface area (Å²) in [7, 11) is 0. The van der Waals surface area contributed by atoms with Crippen molar-refractivity contribution in [3.8, 4) is 6.07 Å². The first-order chi connectivity index (χ1) is 8.40. The highest BCUT2D eigenvalue weighted by atomic mass is 15.3. The Labute approximate surface area is 102 Å². The van der Waals surface area contributed by atoms with E-state index in [9.17, 15) is 0 Å². The summed E-state index contributed by atoms with van der Waals surface area (Å²) in [6, 6.07) is 2.77. The zero-order valence-corrected chi connectivity index (χ0v) is 10.1. The first kappa shape index (κ1) is 10.8. The molecule has 1 aromatic rings. The summed E-state index contributed by atoms with van der Waals surface area (Å²) in [5.41, 5.74) is 3.26. The van der Waals surface area contributed by atoms with Gasteiger partial charge in [-0.15, -0.1) is 0 Å². The number of hydrogen-bond acceptors (Lipinski definition) is 3. The third-order valence-electron chi connectivity index (χ3n) is 3.97. The molecule has 0 saturated carbocycles. The van der Waals surface area contributed by atoms with Crippen molar-refractivity contribution in [1.82, 2.24) is 15.1 Å². The predicted molar refractivity (Wildman–Crippen MR) is 64.7 cm³/mol.